The molecule has 0 atom stereocenters. The Bertz CT molecular complexity index is 1260. The van der Waals surface area contributed by atoms with E-state index in [-0.39, 0.29) is 11.7 Å². The fraction of sp³-hybridized carbons (Fsp3) is 0.0385. The summed E-state index contributed by atoms with van der Waals surface area (Å²) in [5, 5.41) is 0. The molecule has 0 aliphatic carbocycles. The van der Waals surface area contributed by atoms with Gasteiger partial charge in [0, 0.05) is 18.2 Å². The highest BCUT2D eigenvalue weighted by Crippen LogP contribution is 2.28. The van der Waals surface area contributed by atoms with E-state index in [1.54, 1.807) is 29.3 Å². The van der Waals surface area contributed by atoms with Gasteiger partial charge in [0.2, 0.25) is 0 Å². The molecule has 5 rings (SSSR count). The molecule has 3 aromatic carbocycles. The zero-order valence-corrected chi connectivity index (χ0v) is 16.6. The summed E-state index contributed by atoms with van der Waals surface area (Å²) in [7, 11) is 0. The minimum absolute atomic E-state index is 0.229. The van der Waals surface area contributed by atoms with Gasteiger partial charge in [-0.15, -0.1) is 0 Å². The summed E-state index contributed by atoms with van der Waals surface area (Å²) in [6.07, 6.45) is 3.96. The molecule has 150 valence electrons. The number of benzene rings is 3. The monoisotopic (exact) mass is 407 g/mol. The lowest BCUT2D eigenvalue weighted by atomic mass is 10.1. The summed E-state index contributed by atoms with van der Waals surface area (Å²) in [5.41, 5.74) is 4.46. The van der Waals surface area contributed by atoms with Gasteiger partial charge in [0.05, 0.1) is 11.4 Å². The molecule has 2 heterocycles. The maximum absolute atomic E-state index is 13.2. The second kappa shape index (κ2) is 7.95. The maximum atomic E-state index is 13.2. The Hall–Kier alpha value is -4.12. The van der Waals surface area contributed by atoms with Crippen molar-refractivity contribution in [1.29, 1.82) is 0 Å². The first-order chi connectivity index (χ1) is 15.2. The smallest absolute Gasteiger partial charge is 0.266 e. The Morgan fingerprint density at radius 1 is 0.839 bits per heavy atom. The molecule has 4 nitrogen and oxygen atoms in total. The van der Waals surface area contributed by atoms with E-state index in [4.69, 9.17) is 4.99 Å². The largest absolute Gasteiger partial charge is 0.282 e. The second-order valence-corrected chi connectivity index (χ2v) is 7.29. The molecule has 31 heavy (non-hydrogen) atoms. The summed E-state index contributed by atoms with van der Waals surface area (Å²) in [6, 6.07) is 25.7. The second-order valence-electron chi connectivity index (χ2n) is 7.29. The zero-order valence-electron chi connectivity index (χ0n) is 16.6. The van der Waals surface area contributed by atoms with Crippen LogP contribution in [0.1, 0.15) is 16.7 Å². The molecule has 0 spiro atoms. The van der Waals surface area contributed by atoms with Gasteiger partial charge in [-0.3, -0.25) is 9.69 Å². The highest BCUT2D eigenvalue weighted by atomic mass is 19.1. The number of halogens is 1. The van der Waals surface area contributed by atoms with E-state index < -0.39 is 0 Å². The number of rotatable bonds is 4. The molecule has 0 fully saturated rings. The van der Waals surface area contributed by atoms with Crippen molar-refractivity contribution in [2.75, 3.05) is 0 Å². The third-order valence-corrected chi connectivity index (χ3v) is 5.11. The highest BCUT2D eigenvalue weighted by molar-refractivity contribution is 6.48. The van der Waals surface area contributed by atoms with Crippen LogP contribution in [0.2, 0.25) is 0 Å². The van der Waals surface area contributed by atoms with Crippen LogP contribution in [0.3, 0.4) is 0 Å². The van der Waals surface area contributed by atoms with Crippen LogP contribution < -0.4 is 0 Å². The van der Waals surface area contributed by atoms with E-state index in [0.717, 1.165) is 16.8 Å². The van der Waals surface area contributed by atoms with Crippen molar-refractivity contribution in [3.05, 3.63) is 119 Å². The number of aliphatic imine (C=N–C) groups is 2. The van der Waals surface area contributed by atoms with Crippen LogP contribution in [-0.2, 0) is 11.2 Å². The molecule has 3 aromatic rings. The Balaban J connectivity index is 1.57. The van der Waals surface area contributed by atoms with E-state index in [1.165, 1.54) is 12.1 Å². The fourth-order valence-electron chi connectivity index (χ4n) is 3.57. The molecule has 0 saturated heterocycles. The van der Waals surface area contributed by atoms with Crippen LogP contribution in [0.25, 0.3) is 11.8 Å². The van der Waals surface area contributed by atoms with Gasteiger partial charge >= 0.3 is 0 Å². The highest BCUT2D eigenvalue weighted by Gasteiger charge is 2.35. The van der Waals surface area contributed by atoms with E-state index in [1.807, 2.05) is 60.7 Å². The van der Waals surface area contributed by atoms with Crippen molar-refractivity contribution in [2.24, 2.45) is 9.98 Å². The third kappa shape index (κ3) is 3.85. The Morgan fingerprint density at radius 3 is 2.23 bits per heavy atom. The number of amidine groups is 1. The first-order valence-corrected chi connectivity index (χ1v) is 9.96. The molecule has 2 aliphatic heterocycles. The van der Waals surface area contributed by atoms with Crippen LogP contribution in [-0.4, -0.2) is 22.4 Å². The molecule has 0 aromatic heterocycles. The van der Waals surface area contributed by atoms with Gasteiger partial charge in [-0.2, -0.15) is 0 Å². The fourth-order valence-corrected chi connectivity index (χ4v) is 3.57. The molecule has 5 heteroatoms. The van der Waals surface area contributed by atoms with Gasteiger partial charge in [0.25, 0.3) is 5.91 Å². The maximum Gasteiger partial charge on any atom is 0.282 e. The first kappa shape index (κ1) is 18.9. The Kier molecular flexibility index (Phi) is 4.84. The van der Waals surface area contributed by atoms with Crippen molar-refractivity contribution >= 4 is 29.2 Å². The Labute approximate surface area is 179 Å². The lowest BCUT2D eigenvalue weighted by molar-refractivity contribution is -0.120. The summed E-state index contributed by atoms with van der Waals surface area (Å²) in [5.74, 6) is -0.0218. The first-order valence-electron chi connectivity index (χ1n) is 9.96. The van der Waals surface area contributed by atoms with Gasteiger partial charge in [0.1, 0.15) is 11.5 Å². The van der Waals surface area contributed by atoms with Crippen molar-refractivity contribution in [3.8, 4) is 0 Å². The molecule has 0 radical (unpaired) electrons. The molecular formula is C26H18FN3O. The van der Waals surface area contributed by atoms with Gasteiger partial charge in [-0.05, 0) is 29.3 Å². The molecular weight excluding hydrogens is 389 g/mol. The summed E-state index contributed by atoms with van der Waals surface area (Å²) in [4.78, 5) is 24.2. The van der Waals surface area contributed by atoms with Gasteiger partial charge in [-0.1, -0.05) is 72.8 Å². The van der Waals surface area contributed by atoms with Crippen LogP contribution >= 0.6 is 0 Å². The number of amides is 1. The average molecular weight is 407 g/mol. The molecule has 0 unspecified atom stereocenters. The topological polar surface area (TPSA) is 45.0 Å². The zero-order chi connectivity index (χ0) is 21.2. The number of nitrogens with zero attached hydrogens (tertiary/aromatic N) is 3. The normalized spacial score (nSPS) is 16.7. The number of fused-ring (bicyclic) bond motifs is 1. The minimum Gasteiger partial charge on any atom is -0.266 e. The van der Waals surface area contributed by atoms with E-state index in [0.29, 0.717) is 29.2 Å². The predicted octanol–water partition coefficient (Wildman–Crippen LogP) is 5.10. The third-order valence-electron chi connectivity index (χ3n) is 5.11. The predicted molar refractivity (Wildman–Crippen MR) is 121 cm³/mol. The Morgan fingerprint density at radius 2 is 1.52 bits per heavy atom. The molecule has 2 aliphatic rings. The standard InChI is InChI=1S/C26H18FN3O/c27-21-13-11-19(12-14-21)16-23-26(31)30-17-24(20-9-5-2-6-10-20)28-22(25(30)29-23)15-18-7-3-1-4-8-18/h1-14,16-17H,15H2/b23-16-. The van der Waals surface area contributed by atoms with Crippen LogP contribution in [0.15, 0.2) is 107 Å². The lowest BCUT2D eigenvalue weighted by Gasteiger charge is -2.21. The van der Waals surface area contributed by atoms with Crippen molar-refractivity contribution in [2.45, 2.75) is 6.42 Å². The molecule has 0 N–H and O–H groups in total. The van der Waals surface area contributed by atoms with Gasteiger partial charge < -0.3 is 0 Å². The van der Waals surface area contributed by atoms with Crippen LogP contribution in [0, 0.1) is 5.82 Å². The van der Waals surface area contributed by atoms with E-state index in [2.05, 4.69) is 4.99 Å². The summed E-state index contributed by atoms with van der Waals surface area (Å²) < 4.78 is 13.2. The SMILES string of the molecule is O=C1/C(=C/c2ccc(F)cc2)N=C2C(Cc3ccccc3)=NC(c3ccccc3)=CN12. The number of carbonyl (C=O) groups is 1. The van der Waals surface area contributed by atoms with Crippen molar-refractivity contribution in [1.82, 2.24) is 4.90 Å². The molecule has 1 amide bonds. The minimum atomic E-state index is -0.323. The summed E-state index contributed by atoms with van der Waals surface area (Å²) in [6.45, 7) is 0. The van der Waals surface area contributed by atoms with E-state index >= 15 is 0 Å². The van der Waals surface area contributed by atoms with Gasteiger partial charge in [0.15, 0.2) is 5.84 Å². The number of carbonyl (C=O) groups excluding carboxylic acids is 1. The van der Waals surface area contributed by atoms with E-state index in [9.17, 15) is 9.18 Å². The lowest BCUT2D eigenvalue weighted by Crippen LogP contribution is -2.36. The van der Waals surface area contributed by atoms with Crippen molar-refractivity contribution < 1.29 is 9.18 Å². The summed E-state index contributed by atoms with van der Waals surface area (Å²) >= 11 is 0. The van der Waals surface area contributed by atoms with Crippen LogP contribution in [0.4, 0.5) is 4.39 Å². The molecule has 0 bridgehead atoms. The number of hydrogen-bond acceptors (Lipinski definition) is 3. The van der Waals surface area contributed by atoms with Crippen molar-refractivity contribution in [3.63, 3.8) is 0 Å². The average Bonchev–Trinajstić information content (AvgIpc) is 3.12. The van der Waals surface area contributed by atoms with Gasteiger partial charge in [-0.25, -0.2) is 14.4 Å². The molecule has 0 saturated carbocycles. The van der Waals surface area contributed by atoms with Crippen LogP contribution in [0.5, 0.6) is 0 Å². The number of hydrogen-bond donors (Lipinski definition) is 0. The quantitative estimate of drug-likeness (QED) is 0.555.